The van der Waals surface area contributed by atoms with Crippen molar-refractivity contribution in [3.63, 3.8) is 0 Å². The van der Waals surface area contributed by atoms with Crippen molar-refractivity contribution in [3.05, 3.63) is 29.3 Å². The summed E-state index contributed by atoms with van der Waals surface area (Å²) in [6.07, 6.45) is 0.107. The van der Waals surface area contributed by atoms with Crippen molar-refractivity contribution >= 4 is 11.6 Å². The van der Waals surface area contributed by atoms with Gasteiger partial charge in [-0.2, -0.15) is 0 Å². The van der Waals surface area contributed by atoms with E-state index in [1.54, 1.807) is 19.2 Å². The average Bonchev–Trinajstić information content (AvgIpc) is 2.16. The summed E-state index contributed by atoms with van der Waals surface area (Å²) >= 11 is 5.72. The van der Waals surface area contributed by atoms with E-state index < -0.39 is 0 Å². The molecule has 0 fully saturated rings. The first kappa shape index (κ1) is 10.4. The Morgan fingerprint density at radius 3 is 2.46 bits per heavy atom. The summed E-state index contributed by atoms with van der Waals surface area (Å²) in [7, 11) is 1.66. The van der Waals surface area contributed by atoms with E-state index in [1.807, 2.05) is 19.1 Å². The summed E-state index contributed by atoms with van der Waals surface area (Å²) in [4.78, 5) is 0. The highest BCUT2D eigenvalue weighted by Crippen LogP contribution is 2.15. The molecule has 0 saturated carbocycles. The van der Waals surface area contributed by atoms with Crippen molar-refractivity contribution in [2.75, 3.05) is 13.7 Å². The van der Waals surface area contributed by atoms with Gasteiger partial charge in [0.05, 0.1) is 6.10 Å². The van der Waals surface area contributed by atoms with Gasteiger partial charge in [0, 0.05) is 12.1 Å². The van der Waals surface area contributed by atoms with Crippen molar-refractivity contribution in [2.45, 2.75) is 13.0 Å². The number of hydrogen-bond donors (Lipinski definition) is 0. The van der Waals surface area contributed by atoms with E-state index in [9.17, 15) is 0 Å². The molecule has 1 aromatic rings. The minimum atomic E-state index is 0.107. The molecule has 72 valence electrons. The quantitative estimate of drug-likeness (QED) is 0.744. The van der Waals surface area contributed by atoms with E-state index in [0.29, 0.717) is 11.6 Å². The molecule has 1 atom stereocenters. The van der Waals surface area contributed by atoms with Crippen LogP contribution in [0.4, 0.5) is 0 Å². The molecule has 0 spiro atoms. The van der Waals surface area contributed by atoms with E-state index in [-0.39, 0.29) is 6.10 Å². The van der Waals surface area contributed by atoms with Gasteiger partial charge in [-0.25, -0.2) is 0 Å². The van der Waals surface area contributed by atoms with E-state index in [0.717, 1.165) is 5.75 Å². The zero-order chi connectivity index (χ0) is 9.68. The highest BCUT2D eigenvalue weighted by atomic mass is 35.5. The molecule has 1 aromatic carbocycles. The third-order valence-electron chi connectivity index (χ3n) is 1.70. The van der Waals surface area contributed by atoms with Crippen molar-refractivity contribution < 1.29 is 9.47 Å². The normalized spacial score (nSPS) is 12.5. The minimum Gasteiger partial charge on any atom is -0.491 e. The van der Waals surface area contributed by atoms with E-state index in [4.69, 9.17) is 21.1 Å². The second-order valence-electron chi connectivity index (χ2n) is 2.81. The monoisotopic (exact) mass is 200 g/mol. The van der Waals surface area contributed by atoms with Gasteiger partial charge in [-0.3, -0.25) is 0 Å². The standard InChI is InChI=1S/C10H13ClO2/c1-8(12-2)7-13-10-5-3-9(11)4-6-10/h3-6,8H,7H2,1-2H3. The van der Waals surface area contributed by atoms with Crippen LogP contribution >= 0.6 is 11.6 Å². The highest BCUT2D eigenvalue weighted by molar-refractivity contribution is 6.30. The van der Waals surface area contributed by atoms with Gasteiger partial charge in [0.1, 0.15) is 12.4 Å². The molecule has 0 amide bonds. The Bertz CT molecular complexity index is 246. The van der Waals surface area contributed by atoms with Gasteiger partial charge in [0.15, 0.2) is 0 Å². The smallest absolute Gasteiger partial charge is 0.119 e. The largest absolute Gasteiger partial charge is 0.491 e. The van der Waals surface area contributed by atoms with Crippen LogP contribution in [-0.2, 0) is 4.74 Å². The van der Waals surface area contributed by atoms with E-state index >= 15 is 0 Å². The number of halogens is 1. The first-order valence-electron chi connectivity index (χ1n) is 4.13. The number of benzene rings is 1. The van der Waals surface area contributed by atoms with Gasteiger partial charge in [-0.15, -0.1) is 0 Å². The molecular formula is C10H13ClO2. The average molecular weight is 201 g/mol. The third-order valence-corrected chi connectivity index (χ3v) is 1.95. The molecule has 0 aromatic heterocycles. The molecule has 1 rings (SSSR count). The summed E-state index contributed by atoms with van der Waals surface area (Å²) in [6.45, 7) is 2.51. The molecule has 2 nitrogen and oxygen atoms in total. The summed E-state index contributed by atoms with van der Waals surface area (Å²) in [5, 5.41) is 0.715. The van der Waals surface area contributed by atoms with Gasteiger partial charge < -0.3 is 9.47 Å². The van der Waals surface area contributed by atoms with E-state index in [1.165, 1.54) is 0 Å². The minimum absolute atomic E-state index is 0.107. The van der Waals surface area contributed by atoms with Crippen molar-refractivity contribution in [2.24, 2.45) is 0 Å². The van der Waals surface area contributed by atoms with Crippen molar-refractivity contribution in [3.8, 4) is 5.75 Å². The lowest BCUT2D eigenvalue weighted by atomic mass is 10.3. The molecule has 0 aliphatic rings. The third kappa shape index (κ3) is 3.66. The first-order chi connectivity index (χ1) is 6.22. The molecule has 0 bridgehead atoms. The maximum atomic E-state index is 5.72. The van der Waals surface area contributed by atoms with Crippen LogP contribution in [-0.4, -0.2) is 19.8 Å². The number of ether oxygens (including phenoxy) is 2. The lowest BCUT2D eigenvalue weighted by molar-refractivity contribution is 0.0717. The maximum absolute atomic E-state index is 5.72. The van der Waals surface area contributed by atoms with Crippen LogP contribution in [0.2, 0.25) is 5.02 Å². The zero-order valence-electron chi connectivity index (χ0n) is 7.79. The molecule has 3 heteroatoms. The highest BCUT2D eigenvalue weighted by Gasteiger charge is 1.99. The Kier molecular flexibility index (Phi) is 4.06. The Morgan fingerprint density at radius 2 is 1.92 bits per heavy atom. The molecule has 0 aliphatic heterocycles. The number of hydrogen-bond acceptors (Lipinski definition) is 2. The van der Waals surface area contributed by atoms with E-state index in [2.05, 4.69) is 0 Å². The second-order valence-corrected chi connectivity index (χ2v) is 3.25. The molecular weight excluding hydrogens is 188 g/mol. The van der Waals surface area contributed by atoms with Gasteiger partial charge >= 0.3 is 0 Å². The van der Waals surface area contributed by atoms with Gasteiger partial charge in [0.2, 0.25) is 0 Å². The van der Waals surface area contributed by atoms with Gasteiger partial charge in [-0.05, 0) is 31.2 Å². The molecule has 13 heavy (non-hydrogen) atoms. The van der Waals surface area contributed by atoms with Gasteiger partial charge in [-0.1, -0.05) is 11.6 Å². The predicted octanol–water partition coefficient (Wildman–Crippen LogP) is 2.75. The van der Waals surface area contributed by atoms with Crippen LogP contribution in [0, 0.1) is 0 Å². The molecule has 1 unspecified atom stereocenters. The molecule has 0 saturated heterocycles. The Balaban J connectivity index is 2.41. The fraction of sp³-hybridized carbons (Fsp3) is 0.400. The summed E-state index contributed by atoms with van der Waals surface area (Å²) in [5.74, 6) is 0.813. The zero-order valence-corrected chi connectivity index (χ0v) is 8.54. The van der Waals surface area contributed by atoms with Crippen LogP contribution in [0.15, 0.2) is 24.3 Å². The van der Waals surface area contributed by atoms with Crippen LogP contribution in [0.25, 0.3) is 0 Å². The van der Waals surface area contributed by atoms with Crippen LogP contribution in [0.3, 0.4) is 0 Å². The van der Waals surface area contributed by atoms with Crippen molar-refractivity contribution in [1.29, 1.82) is 0 Å². The Labute approximate surface area is 83.4 Å². The number of rotatable bonds is 4. The summed E-state index contributed by atoms with van der Waals surface area (Å²) in [6, 6.07) is 7.28. The maximum Gasteiger partial charge on any atom is 0.119 e. The van der Waals surface area contributed by atoms with Gasteiger partial charge in [0.25, 0.3) is 0 Å². The van der Waals surface area contributed by atoms with Crippen LogP contribution < -0.4 is 4.74 Å². The second kappa shape index (κ2) is 5.10. The van der Waals surface area contributed by atoms with Crippen molar-refractivity contribution in [1.82, 2.24) is 0 Å². The lowest BCUT2D eigenvalue weighted by Crippen LogP contribution is -2.15. The SMILES string of the molecule is COC(C)COc1ccc(Cl)cc1. The first-order valence-corrected chi connectivity index (χ1v) is 4.51. The Morgan fingerprint density at radius 1 is 1.31 bits per heavy atom. The predicted molar refractivity (Wildman–Crippen MR) is 53.4 cm³/mol. The fourth-order valence-electron chi connectivity index (χ4n) is 0.812. The molecule has 0 aliphatic carbocycles. The summed E-state index contributed by atoms with van der Waals surface area (Å²) < 4.78 is 10.5. The topological polar surface area (TPSA) is 18.5 Å². The molecule has 0 N–H and O–H groups in total. The molecule has 0 radical (unpaired) electrons. The summed E-state index contributed by atoms with van der Waals surface area (Å²) in [5.41, 5.74) is 0. The fourth-order valence-corrected chi connectivity index (χ4v) is 0.938. The number of methoxy groups -OCH3 is 1. The van der Waals surface area contributed by atoms with Crippen LogP contribution in [0.5, 0.6) is 5.75 Å². The molecule has 0 heterocycles. The van der Waals surface area contributed by atoms with Crippen LogP contribution in [0.1, 0.15) is 6.92 Å². The Hall–Kier alpha value is -0.730. The lowest BCUT2D eigenvalue weighted by Gasteiger charge is -2.10.